The Hall–Kier alpha value is -3.28. The van der Waals surface area contributed by atoms with Gasteiger partial charge < -0.3 is 10.6 Å². The van der Waals surface area contributed by atoms with Gasteiger partial charge >= 0.3 is 0 Å². The third-order valence-corrected chi connectivity index (χ3v) is 5.39. The lowest BCUT2D eigenvalue weighted by molar-refractivity contribution is 0.0933. The van der Waals surface area contributed by atoms with Crippen LogP contribution in [0.1, 0.15) is 48.9 Å². The number of aromatic nitrogens is 2. The molecule has 0 atom stereocenters. The molecule has 2 N–H and O–H groups in total. The van der Waals surface area contributed by atoms with Crippen LogP contribution < -0.4 is 10.6 Å². The fourth-order valence-corrected chi connectivity index (χ4v) is 3.75. The first-order chi connectivity index (χ1) is 14.7. The van der Waals surface area contributed by atoms with Crippen molar-refractivity contribution in [1.29, 1.82) is 0 Å². The molecule has 0 unspecified atom stereocenters. The van der Waals surface area contributed by atoms with E-state index in [1.165, 1.54) is 37.8 Å². The lowest BCUT2D eigenvalue weighted by Crippen LogP contribution is -2.34. The summed E-state index contributed by atoms with van der Waals surface area (Å²) >= 11 is 0. The van der Waals surface area contributed by atoms with Crippen molar-refractivity contribution in [1.82, 2.24) is 15.5 Å². The number of anilines is 2. The monoisotopic (exact) mass is 404 g/mol. The average Bonchev–Trinajstić information content (AvgIpc) is 3.04. The predicted octanol–water partition coefficient (Wildman–Crippen LogP) is 5.48. The molecule has 1 aliphatic rings. The van der Waals surface area contributed by atoms with E-state index in [1.807, 2.05) is 36.4 Å². The first kappa shape index (κ1) is 20.0. The Morgan fingerprint density at radius 1 is 0.900 bits per heavy atom. The number of carbonyl (C=O) groups excluding carboxylic acids is 1. The molecule has 6 heteroatoms. The second-order valence-electron chi connectivity index (χ2n) is 7.68. The molecule has 30 heavy (non-hydrogen) atoms. The topological polar surface area (TPSA) is 66.9 Å². The Bertz CT molecular complexity index is 981. The Morgan fingerprint density at radius 3 is 2.37 bits per heavy atom. The van der Waals surface area contributed by atoms with E-state index in [4.69, 9.17) is 0 Å². The van der Waals surface area contributed by atoms with E-state index in [-0.39, 0.29) is 17.8 Å². The summed E-state index contributed by atoms with van der Waals surface area (Å²) in [6.45, 7) is 0. The summed E-state index contributed by atoms with van der Waals surface area (Å²) in [5, 5.41) is 14.8. The van der Waals surface area contributed by atoms with Gasteiger partial charge in [-0.3, -0.25) is 4.79 Å². The van der Waals surface area contributed by atoms with Gasteiger partial charge in [-0.25, -0.2) is 4.39 Å². The van der Waals surface area contributed by atoms with Gasteiger partial charge in [-0.05, 0) is 67.4 Å². The van der Waals surface area contributed by atoms with Crippen LogP contribution >= 0.6 is 0 Å². The van der Waals surface area contributed by atoms with Crippen molar-refractivity contribution < 1.29 is 9.18 Å². The quantitative estimate of drug-likeness (QED) is 0.553. The predicted molar refractivity (Wildman–Crippen MR) is 116 cm³/mol. The van der Waals surface area contributed by atoms with Gasteiger partial charge in [-0.15, -0.1) is 10.2 Å². The molecular weight excluding hydrogens is 379 g/mol. The highest BCUT2D eigenvalue weighted by Crippen LogP contribution is 2.21. The highest BCUT2D eigenvalue weighted by molar-refractivity contribution is 5.95. The molecular formula is C24H25FN4O. The lowest BCUT2D eigenvalue weighted by atomic mass is 10.1. The molecule has 5 nitrogen and oxygen atoms in total. The van der Waals surface area contributed by atoms with Gasteiger partial charge in [0.25, 0.3) is 5.91 Å². The molecule has 1 heterocycles. The van der Waals surface area contributed by atoms with E-state index in [0.717, 1.165) is 24.1 Å². The number of carbonyl (C=O) groups is 1. The smallest absolute Gasteiger partial charge is 0.251 e. The van der Waals surface area contributed by atoms with Crippen molar-refractivity contribution in [3.05, 3.63) is 72.0 Å². The SMILES string of the molecule is O=C(NC1CCCCCC1)c1cccc(Nc2ccc(-c3ccc(F)cc3)nn2)c1. The first-order valence-electron chi connectivity index (χ1n) is 10.4. The zero-order valence-corrected chi connectivity index (χ0v) is 16.8. The minimum atomic E-state index is -0.284. The molecule has 0 radical (unpaired) electrons. The fourth-order valence-electron chi connectivity index (χ4n) is 3.75. The standard InChI is InChI=1S/C24H25FN4O/c25-19-12-10-17(11-13-19)22-14-15-23(29-28-22)26-21-9-5-6-18(16-21)24(30)27-20-7-3-1-2-4-8-20/h5-6,9-16,20H,1-4,7-8H2,(H,26,29)(H,27,30). The van der Waals surface area contributed by atoms with E-state index in [9.17, 15) is 9.18 Å². The van der Waals surface area contributed by atoms with Crippen molar-refractivity contribution in [2.24, 2.45) is 0 Å². The minimum absolute atomic E-state index is 0.0386. The van der Waals surface area contributed by atoms with Crippen LogP contribution in [0, 0.1) is 5.82 Å². The Kier molecular flexibility index (Phi) is 6.32. The molecule has 1 amide bonds. The van der Waals surface area contributed by atoms with Crippen LogP contribution in [0.3, 0.4) is 0 Å². The van der Waals surface area contributed by atoms with Gasteiger partial charge in [0.15, 0.2) is 5.82 Å². The summed E-state index contributed by atoms with van der Waals surface area (Å²) in [5.41, 5.74) is 2.86. The third kappa shape index (κ3) is 5.20. The number of rotatable bonds is 5. The zero-order valence-electron chi connectivity index (χ0n) is 16.8. The summed E-state index contributed by atoms with van der Waals surface area (Å²) < 4.78 is 13.1. The number of hydrogen-bond donors (Lipinski definition) is 2. The second-order valence-corrected chi connectivity index (χ2v) is 7.68. The number of halogens is 1. The van der Waals surface area contributed by atoms with Crippen molar-refractivity contribution in [3.8, 4) is 11.3 Å². The van der Waals surface area contributed by atoms with Crippen LogP contribution in [-0.2, 0) is 0 Å². The van der Waals surface area contributed by atoms with Gasteiger partial charge in [0.05, 0.1) is 5.69 Å². The largest absolute Gasteiger partial charge is 0.349 e. The molecule has 0 aliphatic heterocycles. The van der Waals surface area contributed by atoms with Gasteiger partial charge in [0, 0.05) is 22.9 Å². The van der Waals surface area contributed by atoms with Crippen molar-refractivity contribution in [2.75, 3.05) is 5.32 Å². The number of nitrogens with zero attached hydrogens (tertiary/aromatic N) is 2. The van der Waals surface area contributed by atoms with E-state index in [1.54, 1.807) is 12.1 Å². The van der Waals surface area contributed by atoms with Crippen molar-refractivity contribution in [2.45, 2.75) is 44.6 Å². The molecule has 1 aliphatic carbocycles. The Morgan fingerprint density at radius 2 is 1.67 bits per heavy atom. The van der Waals surface area contributed by atoms with Crippen LogP contribution in [0.2, 0.25) is 0 Å². The summed E-state index contributed by atoms with van der Waals surface area (Å²) in [6.07, 6.45) is 6.98. The van der Waals surface area contributed by atoms with Gasteiger partial charge in [-0.2, -0.15) is 0 Å². The summed E-state index contributed by atoms with van der Waals surface area (Å²) in [7, 11) is 0. The van der Waals surface area contributed by atoms with E-state index in [2.05, 4.69) is 20.8 Å². The molecule has 0 spiro atoms. The Balaban J connectivity index is 1.41. The van der Waals surface area contributed by atoms with Gasteiger partial charge in [-0.1, -0.05) is 31.7 Å². The highest BCUT2D eigenvalue weighted by Gasteiger charge is 2.16. The molecule has 0 saturated heterocycles. The molecule has 3 aromatic rings. The number of amides is 1. The molecule has 2 aromatic carbocycles. The number of nitrogens with one attached hydrogen (secondary N) is 2. The van der Waals surface area contributed by atoms with Crippen LogP contribution in [0.15, 0.2) is 60.7 Å². The fraction of sp³-hybridized carbons (Fsp3) is 0.292. The molecule has 154 valence electrons. The van der Waals surface area contributed by atoms with E-state index in [0.29, 0.717) is 17.1 Å². The maximum atomic E-state index is 13.1. The van der Waals surface area contributed by atoms with E-state index < -0.39 is 0 Å². The molecule has 1 aromatic heterocycles. The highest BCUT2D eigenvalue weighted by atomic mass is 19.1. The summed E-state index contributed by atoms with van der Waals surface area (Å²) in [4.78, 5) is 12.7. The average molecular weight is 404 g/mol. The number of benzene rings is 2. The maximum Gasteiger partial charge on any atom is 0.251 e. The lowest BCUT2D eigenvalue weighted by Gasteiger charge is -2.16. The molecule has 4 rings (SSSR count). The third-order valence-electron chi connectivity index (χ3n) is 5.39. The second kappa shape index (κ2) is 9.48. The molecule has 1 saturated carbocycles. The van der Waals surface area contributed by atoms with Crippen molar-refractivity contribution in [3.63, 3.8) is 0 Å². The van der Waals surface area contributed by atoms with Gasteiger partial charge in [0.1, 0.15) is 5.82 Å². The zero-order chi connectivity index (χ0) is 20.8. The molecule has 0 bridgehead atoms. The minimum Gasteiger partial charge on any atom is -0.349 e. The number of hydrogen-bond acceptors (Lipinski definition) is 4. The molecule has 1 fully saturated rings. The summed E-state index contributed by atoms with van der Waals surface area (Å²) in [6, 6.07) is 17.4. The van der Waals surface area contributed by atoms with Gasteiger partial charge in [0.2, 0.25) is 0 Å². The first-order valence-corrected chi connectivity index (χ1v) is 10.4. The summed E-state index contributed by atoms with van der Waals surface area (Å²) in [5.74, 6) is 0.249. The normalized spacial score (nSPS) is 14.7. The Labute approximate surface area is 175 Å². The van der Waals surface area contributed by atoms with Crippen LogP contribution in [0.5, 0.6) is 0 Å². The van der Waals surface area contributed by atoms with E-state index >= 15 is 0 Å². The van der Waals surface area contributed by atoms with Crippen molar-refractivity contribution >= 4 is 17.4 Å². The van der Waals surface area contributed by atoms with Crippen LogP contribution in [0.4, 0.5) is 15.9 Å². The van der Waals surface area contributed by atoms with Crippen LogP contribution in [0.25, 0.3) is 11.3 Å². The maximum absolute atomic E-state index is 13.1. The van der Waals surface area contributed by atoms with Crippen LogP contribution in [-0.4, -0.2) is 22.1 Å².